The van der Waals surface area contributed by atoms with Crippen molar-refractivity contribution in [2.24, 2.45) is 10.3 Å². The maximum atomic E-state index is 13.2. The van der Waals surface area contributed by atoms with Crippen molar-refractivity contribution in [3.8, 4) is 11.8 Å². The highest BCUT2D eigenvalue weighted by Gasteiger charge is 2.69. The monoisotopic (exact) mass is 1180 g/mol. The van der Waals surface area contributed by atoms with Crippen molar-refractivity contribution in [1.29, 1.82) is 0 Å². The molecule has 30 heteroatoms. The van der Waals surface area contributed by atoms with Crippen molar-refractivity contribution in [2.45, 2.75) is 81.8 Å². The molecule has 0 saturated carbocycles. The largest absolute Gasteiger partial charge is 0.479 e. The Morgan fingerprint density at radius 2 is 0.817 bits per heavy atom. The zero-order valence-electron chi connectivity index (χ0n) is 48.0. The fourth-order valence-electron chi connectivity index (χ4n) is 7.62. The quantitative estimate of drug-likeness (QED) is 0.0308. The first-order valence-corrected chi connectivity index (χ1v) is 27.3. The molecule has 2 heterocycles. The number of aryl methyl sites for hydroxylation is 1. The minimum atomic E-state index is -2.20. The molecule has 0 fully saturated rings. The topological polar surface area (TPSA) is 349 Å². The van der Waals surface area contributed by atoms with Crippen molar-refractivity contribution in [2.75, 3.05) is 194 Å². The first-order valence-electron chi connectivity index (χ1n) is 27.3. The second-order valence-electron chi connectivity index (χ2n) is 17.6. The Kier molecular flexibility index (Phi) is 41.5. The molecule has 1 aromatic heterocycles. The lowest BCUT2D eigenvalue weighted by Crippen LogP contribution is -2.67. The Morgan fingerprint density at radius 3 is 1.26 bits per heavy atom. The number of ether oxygens (including phenoxy) is 16. The van der Waals surface area contributed by atoms with Crippen LogP contribution in [0.4, 0.5) is 0 Å². The molecule has 30 nitrogen and oxygen atoms in total. The predicted molar refractivity (Wildman–Crippen MR) is 283 cm³/mol. The van der Waals surface area contributed by atoms with Gasteiger partial charge in [-0.25, -0.2) is 33.4 Å². The summed E-state index contributed by atoms with van der Waals surface area (Å²) in [7, 11) is 6.22. The Labute approximate surface area is 478 Å². The number of aliphatic carboxylic acids is 2. The Bertz CT molecular complexity index is 2020. The summed E-state index contributed by atoms with van der Waals surface area (Å²) in [6.45, 7) is 5.05. The molecule has 2 atom stereocenters. The number of carbonyl (C=O) groups excluding carboxylic acids is 4. The normalized spacial score (nSPS) is 15.5. The highest BCUT2D eigenvalue weighted by molar-refractivity contribution is 6.00. The van der Waals surface area contributed by atoms with Gasteiger partial charge in [-0.3, -0.25) is 5.01 Å². The van der Waals surface area contributed by atoms with Crippen LogP contribution in [-0.2, 0) is 102 Å². The molecule has 0 radical (unpaired) electrons. The maximum Gasteiger partial charge on any atom is 0.384 e. The van der Waals surface area contributed by atoms with E-state index in [2.05, 4.69) is 32.5 Å². The smallest absolute Gasteiger partial charge is 0.384 e. The van der Waals surface area contributed by atoms with Gasteiger partial charge in [-0.15, -0.1) is 10.2 Å². The Balaban J connectivity index is 1.81. The maximum absolute atomic E-state index is 13.2. The third-order valence-electron chi connectivity index (χ3n) is 11.9. The molecule has 1 aliphatic rings. The van der Waals surface area contributed by atoms with E-state index in [1.54, 1.807) is 28.4 Å². The van der Waals surface area contributed by atoms with Crippen LogP contribution < -0.4 is 0 Å². The van der Waals surface area contributed by atoms with E-state index in [-0.39, 0.29) is 130 Å². The van der Waals surface area contributed by atoms with E-state index in [9.17, 15) is 39.0 Å². The second kappa shape index (κ2) is 46.9. The van der Waals surface area contributed by atoms with E-state index >= 15 is 0 Å². The minimum absolute atomic E-state index is 0.0101. The number of methoxy groups -OCH3 is 4. The fourth-order valence-corrected chi connectivity index (χ4v) is 7.62. The molecule has 1 aromatic rings. The van der Waals surface area contributed by atoms with Crippen molar-refractivity contribution in [1.82, 2.24) is 20.0 Å². The molecule has 0 aromatic carbocycles. The third kappa shape index (κ3) is 29.1. The minimum Gasteiger partial charge on any atom is -0.479 e. The number of carbonyl (C=O) groups is 6. The third-order valence-corrected chi connectivity index (χ3v) is 11.9. The van der Waals surface area contributed by atoms with E-state index in [1.807, 2.05) is 0 Å². The van der Waals surface area contributed by atoms with Gasteiger partial charge in [0.2, 0.25) is 11.2 Å². The molecule has 0 amide bonds. The van der Waals surface area contributed by atoms with Crippen molar-refractivity contribution in [3.05, 3.63) is 11.4 Å². The lowest BCUT2D eigenvalue weighted by atomic mass is 9.72. The summed E-state index contributed by atoms with van der Waals surface area (Å²) in [6.07, 6.45) is 3.50. The van der Waals surface area contributed by atoms with Gasteiger partial charge in [0.15, 0.2) is 11.2 Å². The molecule has 468 valence electrons. The number of hydrogen-bond acceptors (Lipinski definition) is 27. The van der Waals surface area contributed by atoms with Gasteiger partial charge in [0.05, 0.1) is 132 Å². The first-order chi connectivity index (χ1) is 39.9. The summed E-state index contributed by atoms with van der Waals surface area (Å²) >= 11 is 0. The van der Waals surface area contributed by atoms with Crippen LogP contribution in [0.25, 0.3) is 0 Å². The molecular weight excluding hydrogens is 1090 g/mol. The van der Waals surface area contributed by atoms with Crippen LogP contribution in [0, 0.1) is 11.8 Å². The van der Waals surface area contributed by atoms with Crippen LogP contribution in [0.3, 0.4) is 0 Å². The summed E-state index contributed by atoms with van der Waals surface area (Å²) in [5.41, 5.74) is -4.82. The van der Waals surface area contributed by atoms with Gasteiger partial charge in [-0.05, 0) is 38.5 Å². The van der Waals surface area contributed by atoms with Gasteiger partial charge in [-0.1, -0.05) is 23.3 Å². The molecule has 0 bridgehead atoms. The zero-order valence-corrected chi connectivity index (χ0v) is 48.0. The van der Waals surface area contributed by atoms with Crippen LogP contribution in [0.15, 0.2) is 10.3 Å². The number of carboxylic acids is 2. The number of rotatable bonds is 54. The van der Waals surface area contributed by atoms with E-state index in [1.165, 1.54) is 9.69 Å². The summed E-state index contributed by atoms with van der Waals surface area (Å²) in [5.74, 6) is -2.26. The average Bonchev–Trinajstić information content (AvgIpc) is 4.02. The molecular formula is C52H86N6O24. The van der Waals surface area contributed by atoms with Crippen molar-refractivity contribution >= 4 is 35.8 Å². The van der Waals surface area contributed by atoms with Crippen LogP contribution in [0.2, 0.25) is 0 Å². The van der Waals surface area contributed by atoms with E-state index in [0.717, 1.165) is 0 Å². The summed E-state index contributed by atoms with van der Waals surface area (Å²) in [4.78, 5) is 76.9. The SMILES string of the molecule is COCCOCCOCCOC(=O)c1nnn(CCCCCCOC(=O)C#CC(=O)OCCCCCCN2N=NC(CCOCCOCCOC)(C(=O)O)C2(CCOCCOCCOC)C(=O)O)c1C(=O)OCCOCCOCCOC. The van der Waals surface area contributed by atoms with Crippen molar-refractivity contribution < 1.29 is 115 Å². The molecule has 82 heavy (non-hydrogen) atoms. The zero-order chi connectivity index (χ0) is 59.8. The molecule has 2 rings (SSSR count). The van der Waals surface area contributed by atoms with Gasteiger partial charge < -0.3 is 86.0 Å². The summed E-state index contributed by atoms with van der Waals surface area (Å²) < 4.78 is 85.6. The summed E-state index contributed by atoms with van der Waals surface area (Å²) in [5, 5.41) is 38.7. The van der Waals surface area contributed by atoms with Gasteiger partial charge >= 0.3 is 35.8 Å². The van der Waals surface area contributed by atoms with Crippen LogP contribution in [0.1, 0.15) is 85.2 Å². The van der Waals surface area contributed by atoms with E-state index in [4.69, 9.17) is 75.8 Å². The lowest BCUT2D eigenvalue weighted by molar-refractivity contribution is -0.167. The fraction of sp³-hybridized carbons (Fsp3) is 0.808. The predicted octanol–water partition coefficient (Wildman–Crippen LogP) is 1.63. The number of esters is 4. The molecule has 0 spiro atoms. The highest BCUT2D eigenvalue weighted by atomic mass is 16.6. The number of aromatic nitrogens is 3. The van der Waals surface area contributed by atoms with Crippen LogP contribution in [-0.4, -0.2) is 271 Å². The number of unbranched alkanes of at least 4 members (excludes halogenated alkanes) is 6. The van der Waals surface area contributed by atoms with E-state index in [0.29, 0.717) is 117 Å². The molecule has 2 N–H and O–H groups in total. The molecule has 0 saturated heterocycles. The average molecular weight is 1180 g/mol. The lowest BCUT2D eigenvalue weighted by Gasteiger charge is -2.41. The molecule has 1 aliphatic heterocycles. The second-order valence-corrected chi connectivity index (χ2v) is 17.6. The van der Waals surface area contributed by atoms with Crippen LogP contribution >= 0.6 is 0 Å². The molecule has 0 aliphatic carbocycles. The summed E-state index contributed by atoms with van der Waals surface area (Å²) in [6, 6.07) is 0. The van der Waals surface area contributed by atoms with Crippen LogP contribution in [0.5, 0.6) is 0 Å². The van der Waals surface area contributed by atoms with Gasteiger partial charge in [0.1, 0.15) is 13.2 Å². The van der Waals surface area contributed by atoms with Gasteiger partial charge in [0, 0.05) is 79.4 Å². The highest BCUT2D eigenvalue weighted by Crippen LogP contribution is 2.45. The van der Waals surface area contributed by atoms with E-state index < -0.39 is 46.9 Å². The molecule has 2 unspecified atom stereocenters. The Morgan fingerprint density at radius 1 is 0.427 bits per heavy atom. The standard InChI is InChI=1S/C52H86N6O24/c1-67-23-27-73-33-31-71-21-15-51(49(63)64)52(50(65)66,16-22-72-32-34-74-28-24-68-2)58(56-54-51)18-10-6-8-12-20-80-44(60)14-13-43(59)79-19-11-7-5-9-17-57-46(48(62)82-42-40-78-38-36-76-30-26-70-4)45(53-55-57)47(61)81-41-39-77-37-35-75-29-25-69-3/h5-12,15-42H2,1-4H3,(H,63,64)(H,65,66). The number of carboxylic acid groups (broad SMARTS) is 2. The number of hydrogen-bond donors (Lipinski definition) is 2. The first kappa shape index (κ1) is 72.5. The van der Waals surface area contributed by atoms with Gasteiger partial charge in [0.25, 0.3) is 0 Å². The Hall–Kier alpha value is -5.56. The van der Waals surface area contributed by atoms with Gasteiger partial charge in [-0.2, -0.15) is 0 Å². The van der Waals surface area contributed by atoms with Crippen molar-refractivity contribution in [3.63, 3.8) is 0 Å². The number of nitrogens with zero attached hydrogens (tertiary/aromatic N) is 6.